The SMILES string of the molecule is CCCC(C)(O)CNc1cc(C(F)(F)F)nc(Cl)n1. The van der Waals surface area contributed by atoms with Gasteiger partial charge in [-0.25, -0.2) is 9.97 Å². The summed E-state index contributed by atoms with van der Waals surface area (Å²) in [6.07, 6.45) is -3.31. The number of alkyl halides is 3. The first-order valence-electron chi connectivity index (χ1n) is 5.72. The Morgan fingerprint density at radius 3 is 2.53 bits per heavy atom. The average molecular weight is 298 g/mol. The maximum Gasteiger partial charge on any atom is 0.433 e. The Bertz CT molecular complexity index is 438. The Balaban J connectivity index is 2.82. The van der Waals surface area contributed by atoms with E-state index in [1.54, 1.807) is 6.92 Å². The van der Waals surface area contributed by atoms with Crippen LogP contribution in [0.1, 0.15) is 32.4 Å². The summed E-state index contributed by atoms with van der Waals surface area (Å²) in [5.74, 6) is -0.0660. The summed E-state index contributed by atoms with van der Waals surface area (Å²) in [5.41, 5.74) is -2.14. The van der Waals surface area contributed by atoms with Crippen LogP contribution in [0.5, 0.6) is 0 Å². The molecule has 1 aromatic rings. The van der Waals surface area contributed by atoms with E-state index in [9.17, 15) is 18.3 Å². The third kappa shape index (κ3) is 5.20. The van der Waals surface area contributed by atoms with Crippen LogP contribution in [0.2, 0.25) is 5.28 Å². The van der Waals surface area contributed by atoms with Crippen molar-refractivity contribution < 1.29 is 18.3 Å². The Kier molecular flexibility index (Phi) is 4.98. The fraction of sp³-hybridized carbons (Fsp3) is 0.636. The number of aliphatic hydroxyl groups is 1. The predicted molar refractivity (Wildman–Crippen MR) is 66.1 cm³/mol. The standard InChI is InChI=1S/C11H15ClF3N3O/c1-3-4-10(2,19)6-16-8-5-7(11(13,14)15)17-9(12)18-8/h5,19H,3-4,6H2,1-2H3,(H,16,17,18). The summed E-state index contributed by atoms with van der Waals surface area (Å²) >= 11 is 5.44. The number of hydrogen-bond donors (Lipinski definition) is 2. The van der Waals surface area contributed by atoms with E-state index in [1.807, 2.05) is 6.92 Å². The van der Waals surface area contributed by atoms with Gasteiger partial charge in [-0.05, 0) is 24.9 Å². The zero-order valence-electron chi connectivity index (χ0n) is 10.6. The molecule has 0 fully saturated rings. The van der Waals surface area contributed by atoms with Crippen LogP contribution in [0.4, 0.5) is 19.0 Å². The highest BCUT2D eigenvalue weighted by Gasteiger charge is 2.33. The second-order valence-corrected chi connectivity index (χ2v) is 4.84. The molecule has 2 N–H and O–H groups in total. The van der Waals surface area contributed by atoms with E-state index >= 15 is 0 Å². The van der Waals surface area contributed by atoms with Crippen LogP contribution in [-0.4, -0.2) is 27.2 Å². The van der Waals surface area contributed by atoms with E-state index < -0.39 is 22.8 Å². The molecule has 0 spiro atoms. The number of rotatable bonds is 5. The van der Waals surface area contributed by atoms with Crippen LogP contribution >= 0.6 is 11.6 Å². The van der Waals surface area contributed by atoms with Crippen molar-refractivity contribution in [3.8, 4) is 0 Å². The Labute approximate surface area is 114 Å². The van der Waals surface area contributed by atoms with Gasteiger partial charge in [0.15, 0.2) is 5.69 Å². The lowest BCUT2D eigenvalue weighted by atomic mass is 10.0. The molecule has 0 aromatic carbocycles. The molecule has 1 heterocycles. The van der Waals surface area contributed by atoms with Crippen molar-refractivity contribution in [2.24, 2.45) is 0 Å². The first kappa shape index (κ1) is 16.0. The Hall–Kier alpha value is -1.08. The number of aromatic nitrogens is 2. The van der Waals surface area contributed by atoms with Crippen LogP contribution in [-0.2, 0) is 6.18 Å². The van der Waals surface area contributed by atoms with E-state index in [4.69, 9.17) is 11.6 Å². The Morgan fingerprint density at radius 1 is 1.37 bits per heavy atom. The van der Waals surface area contributed by atoms with Crippen LogP contribution in [0.15, 0.2) is 6.07 Å². The van der Waals surface area contributed by atoms with Gasteiger partial charge in [-0.1, -0.05) is 13.3 Å². The van der Waals surface area contributed by atoms with Crippen LogP contribution < -0.4 is 5.32 Å². The highest BCUT2D eigenvalue weighted by molar-refractivity contribution is 6.28. The minimum absolute atomic E-state index is 0.0660. The zero-order chi connectivity index (χ0) is 14.7. The van der Waals surface area contributed by atoms with Gasteiger partial charge in [0.2, 0.25) is 5.28 Å². The molecule has 0 aliphatic heterocycles. The van der Waals surface area contributed by atoms with Crippen LogP contribution in [0.3, 0.4) is 0 Å². The summed E-state index contributed by atoms with van der Waals surface area (Å²) in [4.78, 5) is 6.76. The molecule has 0 aliphatic carbocycles. The number of anilines is 1. The lowest BCUT2D eigenvalue weighted by Gasteiger charge is -2.23. The van der Waals surface area contributed by atoms with E-state index in [0.29, 0.717) is 6.42 Å². The second-order valence-electron chi connectivity index (χ2n) is 4.51. The lowest BCUT2D eigenvalue weighted by molar-refractivity contribution is -0.141. The minimum atomic E-state index is -4.59. The summed E-state index contributed by atoms with van der Waals surface area (Å²) in [6, 6.07) is 0.758. The molecule has 19 heavy (non-hydrogen) atoms. The monoisotopic (exact) mass is 297 g/mol. The largest absolute Gasteiger partial charge is 0.433 e. The van der Waals surface area contributed by atoms with Crippen molar-refractivity contribution in [1.82, 2.24) is 9.97 Å². The summed E-state index contributed by atoms with van der Waals surface area (Å²) in [7, 11) is 0. The lowest BCUT2D eigenvalue weighted by Crippen LogP contribution is -2.33. The third-order valence-corrected chi connectivity index (χ3v) is 2.60. The molecule has 1 atom stereocenters. The smallest absolute Gasteiger partial charge is 0.388 e. The number of halogens is 4. The molecule has 0 amide bonds. The van der Waals surface area contributed by atoms with E-state index in [1.165, 1.54) is 0 Å². The fourth-order valence-corrected chi connectivity index (χ4v) is 1.74. The van der Waals surface area contributed by atoms with Crippen LogP contribution in [0.25, 0.3) is 0 Å². The average Bonchev–Trinajstić information content (AvgIpc) is 2.24. The van der Waals surface area contributed by atoms with E-state index in [-0.39, 0.29) is 12.4 Å². The van der Waals surface area contributed by atoms with Gasteiger partial charge < -0.3 is 10.4 Å². The first-order chi connectivity index (χ1) is 8.64. The van der Waals surface area contributed by atoms with Gasteiger partial charge >= 0.3 is 6.18 Å². The summed E-state index contributed by atoms with van der Waals surface area (Å²) < 4.78 is 37.6. The van der Waals surface area contributed by atoms with Gasteiger partial charge in [0.05, 0.1) is 5.60 Å². The normalized spacial score (nSPS) is 15.1. The topological polar surface area (TPSA) is 58.0 Å². The molecule has 0 saturated carbocycles. The van der Waals surface area contributed by atoms with Gasteiger partial charge in [-0.15, -0.1) is 0 Å². The molecule has 108 valence electrons. The molecular weight excluding hydrogens is 283 g/mol. The fourth-order valence-electron chi connectivity index (χ4n) is 1.56. The van der Waals surface area contributed by atoms with Crippen molar-refractivity contribution in [2.45, 2.75) is 38.5 Å². The molecular formula is C11H15ClF3N3O. The first-order valence-corrected chi connectivity index (χ1v) is 6.10. The second kappa shape index (κ2) is 5.92. The van der Waals surface area contributed by atoms with Crippen molar-refractivity contribution in [3.63, 3.8) is 0 Å². The molecule has 0 radical (unpaired) electrons. The van der Waals surface area contributed by atoms with Gasteiger partial charge in [0, 0.05) is 12.6 Å². The van der Waals surface area contributed by atoms with Crippen molar-refractivity contribution >= 4 is 17.4 Å². The molecule has 1 aromatic heterocycles. The van der Waals surface area contributed by atoms with Gasteiger partial charge in [0.1, 0.15) is 5.82 Å². The van der Waals surface area contributed by atoms with Crippen molar-refractivity contribution in [1.29, 1.82) is 0 Å². The van der Waals surface area contributed by atoms with E-state index in [2.05, 4.69) is 15.3 Å². The zero-order valence-corrected chi connectivity index (χ0v) is 11.3. The van der Waals surface area contributed by atoms with Gasteiger partial charge in [0.25, 0.3) is 0 Å². The molecule has 1 unspecified atom stereocenters. The third-order valence-electron chi connectivity index (χ3n) is 2.43. The maximum absolute atomic E-state index is 12.5. The molecule has 4 nitrogen and oxygen atoms in total. The highest BCUT2D eigenvalue weighted by Crippen LogP contribution is 2.29. The minimum Gasteiger partial charge on any atom is -0.388 e. The highest BCUT2D eigenvalue weighted by atomic mass is 35.5. The number of hydrogen-bond acceptors (Lipinski definition) is 4. The number of nitrogens with zero attached hydrogens (tertiary/aromatic N) is 2. The predicted octanol–water partition coefficient (Wildman–Crippen LogP) is 3.11. The van der Waals surface area contributed by atoms with E-state index in [0.717, 1.165) is 12.5 Å². The molecule has 1 rings (SSSR count). The number of nitrogens with one attached hydrogen (secondary N) is 1. The van der Waals surface area contributed by atoms with Gasteiger partial charge in [-0.3, -0.25) is 0 Å². The quantitative estimate of drug-likeness (QED) is 0.820. The van der Waals surface area contributed by atoms with Crippen molar-refractivity contribution in [3.05, 3.63) is 17.0 Å². The summed E-state index contributed by atoms with van der Waals surface area (Å²) in [5, 5.41) is 12.1. The molecule has 0 saturated heterocycles. The molecule has 0 aliphatic rings. The van der Waals surface area contributed by atoms with Crippen LogP contribution in [0, 0.1) is 0 Å². The van der Waals surface area contributed by atoms with Crippen molar-refractivity contribution in [2.75, 3.05) is 11.9 Å². The van der Waals surface area contributed by atoms with Gasteiger partial charge in [-0.2, -0.15) is 13.2 Å². The Morgan fingerprint density at radius 2 is 2.00 bits per heavy atom. The summed E-state index contributed by atoms with van der Waals surface area (Å²) in [6.45, 7) is 3.57. The molecule has 0 bridgehead atoms. The maximum atomic E-state index is 12.5. The molecule has 8 heteroatoms.